The third-order valence-electron chi connectivity index (χ3n) is 3.62. The van der Waals surface area contributed by atoms with Gasteiger partial charge in [-0.15, -0.1) is 0 Å². The van der Waals surface area contributed by atoms with Crippen LogP contribution < -0.4 is 15.4 Å². The number of benzene rings is 1. The first kappa shape index (κ1) is 13.2. The van der Waals surface area contributed by atoms with Gasteiger partial charge in [0.15, 0.2) is 0 Å². The molecule has 1 aromatic carbocycles. The standard InChI is InChI=1S/C15H24N2O/c1-4-18-13-7-5-6-12(10-13)17-14-8-9-16-11-15(14,2)3/h5-7,10,14,16-17H,4,8-9,11H2,1-3H3. The highest BCUT2D eigenvalue weighted by molar-refractivity contribution is 5.49. The maximum absolute atomic E-state index is 5.54. The summed E-state index contributed by atoms with van der Waals surface area (Å²) in [5.41, 5.74) is 1.43. The molecule has 0 saturated carbocycles. The molecule has 0 spiro atoms. The van der Waals surface area contributed by atoms with Crippen LogP contribution in [0.25, 0.3) is 0 Å². The summed E-state index contributed by atoms with van der Waals surface area (Å²) in [5, 5.41) is 7.11. The monoisotopic (exact) mass is 248 g/mol. The molecule has 2 N–H and O–H groups in total. The Hall–Kier alpha value is -1.22. The molecule has 2 rings (SSSR count). The van der Waals surface area contributed by atoms with Gasteiger partial charge in [-0.2, -0.15) is 0 Å². The molecule has 0 aliphatic carbocycles. The quantitative estimate of drug-likeness (QED) is 0.859. The molecule has 1 aromatic rings. The molecule has 100 valence electrons. The van der Waals surface area contributed by atoms with E-state index in [2.05, 4.69) is 36.6 Å². The van der Waals surface area contributed by atoms with Gasteiger partial charge in [0.25, 0.3) is 0 Å². The number of hydrogen-bond donors (Lipinski definition) is 2. The number of ether oxygens (including phenoxy) is 1. The van der Waals surface area contributed by atoms with Crippen LogP contribution in [0, 0.1) is 5.41 Å². The summed E-state index contributed by atoms with van der Waals surface area (Å²) >= 11 is 0. The average molecular weight is 248 g/mol. The minimum atomic E-state index is 0.278. The van der Waals surface area contributed by atoms with E-state index >= 15 is 0 Å². The van der Waals surface area contributed by atoms with Crippen molar-refractivity contribution in [1.29, 1.82) is 0 Å². The Kier molecular flexibility index (Phi) is 4.12. The third kappa shape index (κ3) is 3.16. The predicted molar refractivity (Wildman–Crippen MR) is 76.3 cm³/mol. The van der Waals surface area contributed by atoms with Crippen molar-refractivity contribution in [2.24, 2.45) is 5.41 Å². The van der Waals surface area contributed by atoms with Gasteiger partial charge in [0.1, 0.15) is 5.75 Å². The molecule has 1 fully saturated rings. The van der Waals surface area contributed by atoms with Crippen LogP contribution in [0.2, 0.25) is 0 Å². The van der Waals surface area contributed by atoms with E-state index in [0.29, 0.717) is 12.6 Å². The first-order valence-electron chi connectivity index (χ1n) is 6.82. The smallest absolute Gasteiger partial charge is 0.121 e. The largest absolute Gasteiger partial charge is 0.494 e. The van der Waals surface area contributed by atoms with E-state index in [9.17, 15) is 0 Å². The van der Waals surface area contributed by atoms with Gasteiger partial charge in [-0.25, -0.2) is 0 Å². The second kappa shape index (κ2) is 5.61. The summed E-state index contributed by atoms with van der Waals surface area (Å²) in [5.74, 6) is 0.939. The van der Waals surface area contributed by atoms with Gasteiger partial charge in [0.2, 0.25) is 0 Å². The Morgan fingerprint density at radius 2 is 2.28 bits per heavy atom. The lowest BCUT2D eigenvalue weighted by Crippen LogP contribution is -2.49. The fourth-order valence-corrected chi connectivity index (χ4v) is 2.48. The highest BCUT2D eigenvalue weighted by atomic mass is 16.5. The maximum Gasteiger partial charge on any atom is 0.121 e. The normalized spacial score (nSPS) is 22.5. The van der Waals surface area contributed by atoms with Gasteiger partial charge in [-0.1, -0.05) is 19.9 Å². The predicted octanol–water partition coefficient (Wildman–Crippen LogP) is 2.89. The second-order valence-corrected chi connectivity index (χ2v) is 5.61. The molecule has 1 unspecified atom stereocenters. The highest BCUT2D eigenvalue weighted by Gasteiger charge is 2.31. The summed E-state index contributed by atoms with van der Waals surface area (Å²) in [6.07, 6.45) is 1.16. The summed E-state index contributed by atoms with van der Waals surface area (Å²) in [6, 6.07) is 8.75. The molecule has 1 atom stereocenters. The molecular weight excluding hydrogens is 224 g/mol. The van der Waals surface area contributed by atoms with Crippen molar-refractivity contribution in [3.05, 3.63) is 24.3 Å². The molecule has 0 amide bonds. The van der Waals surface area contributed by atoms with Crippen molar-refractivity contribution in [3.8, 4) is 5.75 Å². The van der Waals surface area contributed by atoms with Crippen LogP contribution in [0.1, 0.15) is 27.2 Å². The van der Waals surface area contributed by atoms with Crippen LogP contribution >= 0.6 is 0 Å². The lowest BCUT2D eigenvalue weighted by atomic mass is 9.80. The van der Waals surface area contributed by atoms with Gasteiger partial charge in [-0.3, -0.25) is 0 Å². The van der Waals surface area contributed by atoms with Crippen molar-refractivity contribution in [2.75, 3.05) is 25.0 Å². The van der Waals surface area contributed by atoms with E-state index in [1.54, 1.807) is 0 Å². The molecule has 1 saturated heterocycles. The topological polar surface area (TPSA) is 33.3 Å². The molecule has 1 heterocycles. The Labute approximate surface area is 110 Å². The zero-order chi connectivity index (χ0) is 13.0. The Morgan fingerprint density at radius 3 is 3.00 bits per heavy atom. The van der Waals surface area contributed by atoms with Crippen molar-refractivity contribution in [1.82, 2.24) is 5.32 Å². The van der Waals surface area contributed by atoms with Crippen molar-refractivity contribution >= 4 is 5.69 Å². The van der Waals surface area contributed by atoms with E-state index < -0.39 is 0 Å². The number of rotatable bonds is 4. The Balaban J connectivity index is 2.06. The molecule has 3 nitrogen and oxygen atoms in total. The lowest BCUT2D eigenvalue weighted by Gasteiger charge is -2.40. The van der Waals surface area contributed by atoms with Crippen LogP contribution in [-0.2, 0) is 0 Å². The Bertz CT molecular complexity index is 390. The zero-order valence-corrected chi connectivity index (χ0v) is 11.6. The maximum atomic E-state index is 5.54. The summed E-state index contributed by atoms with van der Waals surface area (Å²) in [6.45, 7) is 9.49. The molecule has 0 aromatic heterocycles. The van der Waals surface area contributed by atoms with Crippen LogP contribution in [0.4, 0.5) is 5.69 Å². The van der Waals surface area contributed by atoms with Gasteiger partial charge in [0, 0.05) is 24.3 Å². The number of nitrogens with one attached hydrogen (secondary N) is 2. The van der Waals surface area contributed by atoms with E-state index in [4.69, 9.17) is 4.74 Å². The van der Waals surface area contributed by atoms with Crippen LogP contribution in [0.3, 0.4) is 0 Å². The minimum absolute atomic E-state index is 0.278. The van der Waals surface area contributed by atoms with Crippen molar-refractivity contribution < 1.29 is 4.74 Å². The van der Waals surface area contributed by atoms with E-state index in [1.165, 1.54) is 0 Å². The van der Waals surface area contributed by atoms with Gasteiger partial charge >= 0.3 is 0 Å². The van der Waals surface area contributed by atoms with Gasteiger partial charge in [0.05, 0.1) is 6.61 Å². The number of hydrogen-bond acceptors (Lipinski definition) is 3. The lowest BCUT2D eigenvalue weighted by molar-refractivity contribution is 0.236. The average Bonchev–Trinajstić information content (AvgIpc) is 2.33. The summed E-state index contributed by atoms with van der Waals surface area (Å²) < 4.78 is 5.54. The van der Waals surface area contributed by atoms with E-state index in [-0.39, 0.29) is 5.41 Å². The van der Waals surface area contributed by atoms with Crippen molar-refractivity contribution in [2.45, 2.75) is 33.2 Å². The Morgan fingerprint density at radius 1 is 1.44 bits per heavy atom. The molecule has 3 heteroatoms. The molecule has 1 aliphatic rings. The third-order valence-corrected chi connectivity index (χ3v) is 3.62. The van der Waals surface area contributed by atoms with E-state index in [0.717, 1.165) is 30.9 Å². The van der Waals surface area contributed by atoms with Gasteiger partial charge < -0.3 is 15.4 Å². The molecule has 1 aliphatic heterocycles. The first-order chi connectivity index (χ1) is 8.62. The number of piperidine rings is 1. The second-order valence-electron chi connectivity index (χ2n) is 5.61. The molecular formula is C15H24N2O. The summed E-state index contributed by atoms with van der Waals surface area (Å²) in [4.78, 5) is 0. The first-order valence-corrected chi connectivity index (χ1v) is 6.82. The van der Waals surface area contributed by atoms with E-state index in [1.807, 2.05) is 19.1 Å². The zero-order valence-electron chi connectivity index (χ0n) is 11.6. The molecule has 0 bridgehead atoms. The highest BCUT2D eigenvalue weighted by Crippen LogP contribution is 2.29. The molecule has 18 heavy (non-hydrogen) atoms. The van der Waals surface area contributed by atoms with Crippen molar-refractivity contribution in [3.63, 3.8) is 0 Å². The van der Waals surface area contributed by atoms with Crippen LogP contribution in [0.5, 0.6) is 5.75 Å². The summed E-state index contributed by atoms with van der Waals surface area (Å²) in [7, 11) is 0. The van der Waals surface area contributed by atoms with Crippen LogP contribution in [-0.4, -0.2) is 25.7 Å². The van der Waals surface area contributed by atoms with Crippen LogP contribution in [0.15, 0.2) is 24.3 Å². The minimum Gasteiger partial charge on any atom is -0.494 e. The SMILES string of the molecule is CCOc1cccc(NC2CCNCC2(C)C)c1. The molecule has 0 radical (unpaired) electrons. The fraction of sp³-hybridized carbons (Fsp3) is 0.600. The fourth-order valence-electron chi connectivity index (χ4n) is 2.48. The van der Waals surface area contributed by atoms with Gasteiger partial charge in [-0.05, 0) is 37.4 Å². The number of anilines is 1.